The highest BCUT2D eigenvalue weighted by Crippen LogP contribution is 2.53. The number of hydrogen-bond acceptors (Lipinski definition) is 1. The highest BCUT2D eigenvalue weighted by Gasteiger charge is 2.48. The summed E-state index contributed by atoms with van der Waals surface area (Å²) in [6.07, 6.45) is 1.84. The van der Waals surface area contributed by atoms with Gasteiger partial charge in [0.15, 0.2) is 0 Å². The van der Waals surface area contributed by atoms with Gasteiger partial charge in [-0.15, -0.1) is 0 Å². The maximum atomic E-state index is 6.61. The zero-order chi connectivity index (χ0) is 25.5. The van der Waals surface area contributed by atoms with Crippen LogP contribution >= 0.6 is 23.2 Å². The summed E-state index contributed by atoms with van der Waals surface area (Å²) in [6.45, 7) is 18.2. The van der Waals surface area contributed by atoms with Gasteiger partial charge in [-0.25, -0.2) is 0 Å². The van der Waals surface area contributed by atoms with Crippen LogP contribution in [0.15, 0.2) is 61.2 Å². The largest absolute Gasteiger partial charge is 0.489 e. The Bertz CT molecular complexity index is 1220. The predicted molar refractivity (Wildman–Crippen MR) is 156 cm³/mol. The average molecular weight is 524 g/mol. The summed E-state index contributed by atoms with van der Waals surface area (Å²) in [5, 5.41) is 2.97. The van der Waals surface area contributed by atoms with Crippen molar-refractivity contribution in [2.75, 3.05) is 6.61 Å². The molecule has 4 heteroatoms. The van der Waals surface area contributed by atoms with E-state index >= 15 is 0 Å². The van der Waals surface area contributed by atoms with Crippen LogP contribution in [-0.2, 0) is 5.41 Å². The molecule has 0 fully saturated rings. The van der Waals surface area contributed by atoms with Gasteiger partial charge in [-0.2, -0.15) is 0 Å². The molecule has 0 aliphatic heterocycles. The molecule has 4 rings (SSSR count). The summed E-state index contributed by atoms with van der Waals surface area (Å²) in [4.78, 5) is 0. The first-order chi connectivity index (χ1) is 16.6. The van der Waals surface area contributed by atoms with Crippen molar-refractivity contribution in [3.63, 3.8) is 0 Å². The second-order valence-corrected chi connectivity index (χ2v) is 16.5. The lowest BCUT2D eigenvalue weighted by atomic mass is 9.85. The van der Waals surface area contributed by atoms with Crippen molar-refractivity contribution < 1.29 is 4.74 Å². The second kappa shape index (κ2) is 9.80. The van der Waals surface area contributed by atoms with Gasteiger partial charge in [-0.3, -0.25) is 0 Å². The number of hydrogen-bond donors (Lipinski definition) is 0. The monoisotopic (exact) mass is 522 g/mol. The topological polar surface area (TPSA) is 9.23 Å². The summed E-state index contributed by atoms with van der Waals surface area (Å²) in [7, 11) is -2.25. The molecule has 0 unspecified atom stereocenters. The van der Waals surface area contributed by atoms with E-state index in [1.807, 2.05) is 18.2 Å². The van der Waals surface area contributed by atoms with Crippen LogP contribution in [0.1, 0.15) is 62.4 Å². The fraction of sp³-hybridized carbons (Fsp3) is 0.355. The third-order valence-corrected chi connectivity index (χ3v) is 13.8. The lowest BCUT2D eigenvalue weighted by molar-refractivity contribution is 0.353. The molecule has 0 radical (unpaired) electrons. The maximum Gasteiger partial charge on any atom is 0.122 e. The average Bonchev–Trinajstić information content (AvgIpc) is 3.11. The molecule has 0 bridgehead atoms. The van der Waals surface area contributed by atoms with Crippen molar-refractivity contribution in [2.24, 2.45) is 0 Å². The Morgan fingerprint density at radius 1 is 0.914 bits per heavy atom. The molecule has 184 valence electrons. The smallest absolute Gasteiger partial charge is 0.122 e. The van der Waals surface area contributed by atoms with Crippen LogP contribution in [0.25, 0.3) is 11.1 Å². The summed E-state index contributed by atoms with van der Waals surface area (Å²) in [5.41, 5.74) is 7.98. The number of rotatable bonds is 7. The van der Waals surface area contributed by atoms with Gasteiger partial charge in [-0.1, -0.05) is 112 Å². The molecule has 0 amide bonds. The Hall–Kier alpha value is -2.00. The fourth-order valence-electron chi connectivity index (χ4n) is 5.99. The minimum absolute atomic E-state index is 0.0446. The molecule has 0 aromatic heterocycles. The highest BCUT2D eigenvalue weighted by atomic mass is 35.5. The Balaban J connectivity index is 2.09. The van der Waals surface area contributed by atoms with Crippen LogP contribution in [0.2, 0.25) is 22.1 Å². The van der Waals surface area contributed by atoms with Gasteiger partial charge in [-0.05, 0) is 69.6 Å². The van der Waals surface area contributed by atoms with Crippen molar-refractivity contribution in [3.05, 3.63) is 93.5 Å². The number of benzene rings is 3. The highest BCUT2D eigenvalue weighted by molar-refractivity contribution is 6.94. The van der Waals surface area contributed by atoms with E-state index in [1.54, 1.807) is 0 Å². The van der Waals surface area contributed by atoms with Crippen LogP contribution in [0.4, 0.5) is 0 Å². The SMILES string of the molecule is C=CCOc1c(C(C)(C)C)cc(C)cc1[Si](CC)(CC)C1c2cc(Cl)ccc2-c2ccc(Cl)cc21. The van der Waals surface area contributed by atoms with Crippen molar-refractivity contribution in [2.45, 2.75) is 64.6 Å². The summed E-state index contributed by atoms with van der Waals surface area (Å²) < 4.78 is 6.56. The number of fused-ring (bicyclic) bond motifs is 3. The Morgan fingerprint density at radius 3 is 1.91 bits per heavy atom. The Kier molecular flexibility index (Phi) is 7.30. The zero-order valence-electron chi connectivity index (χ0n) is 21.8. The van der Waals surface area contributed by atoms with Crippen LogP contribution in [0.3, 0.4) is 0 Å². The summed E-state index contributed by atoms with van der Waals surface area (Å²) >= 11 is 13.2. The zero-order valence-corrected chi connectivity index (χ0v) is 24.3. The van der Waals surface area contributed by atoms with Crippen molar-refractivity contribution in [1.82, 2.24) is 0 Å². The molecule has 1 aliphatic rings. The predicted octanol–water partition coefficient (Wildman–Crippen LogP) is 9.21. The van der Waals surface area contributed by atoms with Gasteiger partial charge in [0.25, 0.3) is 0 Å². The second-order valence-electron chi connectivity index (χ2n) is 10.8. The molecular formula is C31H36Cl2OSi. The van der Waals surface area contributed by atoms with Crippen molar-refractivity contribution >= 4 is 36.5 Å². The van der Waals surface area contributed by atoms with Crippen molar-refractivity contribution in [1.29, 1.82) is 0 Å². The van der Waals surface area contributed by atoms with E-state index in [4.69, 9.17) is 27.9 Å². The molecular weight excluding hydrogens is 487 g/mol. The molecule has 0 spiro atoms. The van der Waals surface area contributed by atoms with E-state index in [1.165, 1.54) is 38.6 Å². The molecule has 1 nitrogen and oxygen atoms in total. The normalized spacial score (nSPS) is 13.5. The minimum atomic E-state index is -2.25. The van der Waals surface area contributed by atoms with Gasteiger partial charge in [0, 0.05) is 15.6 Å². The first-order valence-corrected chi connectivity index (χ1v) is 15.8. The van der Waals surface area contributed by atoms with Gasteiger partial charge in [0.1, 0.15) is 20.4 Å². The van der Waals surface area contributed by atoms with Gasteiger partial charge < -0.3 is 4.74 Å². The fourth-order valence-corrected chi connectivity index (χ4v) is 11.6. The Morgan fingerprint density at radius 2 is 1.46 bits per heavy atom. The molecule has 0 heterocycles. The van der Waals surface area contributed by atoms with E-state index < -0.39 is 8.07 Å². The van der Waals surface area contributed by atoms with E-state index in [0.29, 0.717) is 6.61 Å². The quantitative estimate of drug-likeness (QED) is 0.222. The molecule has 0 saturated heterocycles. The molecule has 1 aliphatic carbocycles. The molecule has 0 saturated carbocycles. The van der Waals surface area contributed by atoms with Crippen LogP contribution in [0.5, 0.6) is 5.75 Å². The maximum absolute atomic E-state index is 6.61. The lowest BCUT2D eigenvalue weighted by Gasteiger charge is -2.40. The summed E-state index contributed by atoms with van der Waals surface area (Å²) in [5.74, 6) is 1.05. The van der Waals surface area contributed by atoms with E-state index in [9.17, 15) is 0 Å². The lowest BCUT2D eigenvalue weighted by Crippen LogP contribution is -2.53. The number of ether oxygens (including phenoxy) is 1. The molecule has 35 heavy (non-hydrogen) atoms. The first-order valence-electron chi connectivity index (χ1n) is 12.6. The van der Waals surface area contributed by atoms with E-state index in [2.05, 4.69) is 84.5 Å². The van der Waals surface area contributed by atoms with E-state index in [0.717, 1.165) is 27.9 Å². The molecule has 0 atom stereocenters. The standard InChI is InChI=1S/C31H36Cl2OSi/c1-8-15-34-29-27(31(5,6)7)16-20(4)17-28(29)35(9-2,10-3)30-25-18-21(32)11-13-23(25)24-14-12-22(33)19-26(24)30/h8,11-14,16-19,30H,1,9-10,15H2,2-7H3. The summed E-state index contributed by atoms with van der Waals surface area (Å²) in [6, 6.07) is 19.6. The third-order valence-electron chi connectivity index (χ3n) is 7.68. The van der Waals surface area contributed by atoms with Crippen LogP contribution in [0, 0.1) is 6.92 Å². The van der Waals surface area contributed by atoms with Gasteiger partial charge in [0.2, 0.25) is 0 Å². The molecule has 3 aromatic carbocycles. The van der Waals surface area contributed by atoms with Crippen LogP contribution < -0.4 is 9.92 Å². The molecule has 3 aromatic rings. The third kappa shape index (κ3) is 4.50. The molecule has 0 N–H and O–H groups in total. The van der Waals surface area contributed by atoms with Crippen molar-refractivity contribution in [3.8, 4) is 16.9 Å². The van der Waals surface area contributed by atoms with Gasteiger partial charge >= 0.3 is 0 Å². The first kappa shape index (κ1) is 26.1. The van der Waals surface area contributed by atoms with E-state index in [-0.39, 0.29) is 11.0 Å². The van der Waals surface area contributed by atoms with Crippen LogP contribution in [-0.4, -0.2) is 14.7 Å². The van der Waals surface area contributed by atoms with Gasteiger partial charge in [0.05, 0.1) is 0 Å². The minimum Gasteiger partial charge on any atom is -0.489 e. The number of aryl methyl sites for hydroxylation is 1. The number of halogens is 2. The Labute approximate surface area is 222 Å².